The average molecular weight is 459 g/mol. The fourth-order valence-electron chi connectivity index (χ4n) is 6.58. The molecule has 0 heterocycles. The van der Waals surface area contributed by atoms with Crippen LogP contribution in [0.1, 0.15) is 90.7 Å². The molecule has 4 bridgehead atoms. The maximum Gasteiger partial charge on any atom is 0.309 e. The lowest BCUT2D eigenvalue weighted by molar-refractivity contribution is -0.236. The number of ether oxygens (including phenoxy) is 4. The lowest BCUT2D eigenvalue weighted by Gasteiger charge is -2.60. The van der Waals surface area contributed by atoms with Gasteiger partial charge in [-0.1, -0.05) is 26.0 Å². The van der Waals surface area contributed by atoms with Crippen LogP contribution < -0.4 is 4.74 Å². The van der Waals surface area contributed by atoms with Gasteiger partial charge in [-0.25, -0.2) is 0 Å². The highest BCUT2D eigenvalue weighted by Crippen LogP contribution is 2.60. The summed E-state index contributed by atoms with van der Waals surface area (Å²) in [5, 5.41) is 0. The molecule has 0 radical (unpaired) electrons. The monoisotopic (exact) mass is 458 g/mol. The van der Waals surface area contributed by atoms with Crippen molar-refractivity contribution in [1.29, 1.82) is 0 Å². The van der Waals surface area contributed by atoms with Crippen LogP contribution in [0.4, 0.5) is 0 Å². The first-order valence-electron chi connectivity index (χ1n) is 13.1. The molecule has 4 atom stereocenters. The molecule has 0 aromatic heterocycles. The van der Waals surface area contributed by atoms with Crippen molar-refractivity contribution in [2.24, 2.45) is 17.8 Å². The SMILES string of the molecule is CCOC(C)c1ccc(OCCCOC23CC4CC(C2)CC(OC(=O)C(C)CC)(C4)C3)cc1. The zero-order valence-corrected chi connectivity index (χ0v) is 20.9. The molecule has 0 N–H and O–H groups in total. The van der Waals surface area contributed by atoms with Gasteiger partial charge in [0.15, 0.2) is 0 Å². The van der Waals surface area contributed by atoms with Crippen LogP contribution in [0.2, 0.25) is 0 Å². The Kier molecular flexibility index (Phi) is 7.69. The molecule has 0 spiro atoms. The van der Waals surface area contributed by atoms with Crippen molar-refractivity contribution >= 4 is 5.97 Å². The Balaban J connectivity index is 1.25. The summed E-state index contributed by atoms with van der Waals surface area (Å²) in [6, 6.07) is 8.17. The van der Waals surface area contributed by atoms with Crippen molar-refractivity contribution < 1.29 is 23.7 Å². The quantitative estimate of drug-likeness (QED) is 0.274. The zero-order chi connectivity index (χ0) is 23.5. The molecule has 33 heavy (non-hydrogen) atoms. The molecular weight excluding hydrogens is 416 g/mol. The first-order valence-corrected chi connectivity index (χ1v) is 13.1. The summed E-state index contributed by atoms with van der Waals surface area (Å²) in [6.45, 7) is 10.1. The van der Waals surface area contributed by atoms with Crippen molar-refractivity contribution in [2.75, 3.05) is 19.8 Å². The van der Waals surface area contributed by atoms with Gasteiger partial charge in [-0.15, -0.1) is 0 Å². The van der Waals surface area contributed by atoms with Gasteiger partial charge in [-0.05, 0) is 81.9 Å². The lowest BCUT2D eigenvalue weighted by atomic mass is 9.52. The van der Waals surface area contributed by atoms with E-state index in [-0.39, 0.29) is 29.2 Å². The Labute approximate surface area is 199 Å². The third kappa shape index (κ3) is 5.74. The van der Waals surface area contributed by atoms with Crippen LogP contribution >= 0.6 is 0 Å². The summed E-state index contributed by atoms with van der Waals surface area (Å²) < 4.78 is 24.4. The fourth-order valence-corrected chi connectivity index (χ4v) is 6.58. The molecule has 0 amide bonds. The normalized spacial score (nSPS) is 31.9. The first-order chi connectivity index (χ1) is 15.9. The Morgan fingerprint density at radius 3 is 2.30 bits per heavy atom. The maximum absolute atomic E-state index is 12.6. The molecular formula is C28H42O5. The van der Waals surface area contributed by atoms with Crippen molar-refractivity contribution in [2.45, 2.75) is 96.4 Å². The highest BCUT2D eigenvalue weighted by atomic mass is 16.6. The molecule has 0 saturated heterocycles. The second kappa shape index (κ2) is 10.4. The van der Waals surface area contributed by atoms with Crippen molar-refractivity contribution in [3.63, 3.8) is 0 Å². The molecule has 5 heteroatoms. The summed E-state index contributed by atoms with van der Waals surface area (Å²) in [5.41, 5.74) is 0.760. The third-order valence-corrected chi connectivity index (χ3v) is 8.02. The van der Waals surface area contributed by atoms with Gasteiger partial charge >= 0.3 is 5.97 Å². The average Bonchev–Trinajstić information content (AvgIpc) is 2.77. The van der Waals surface area contributed by atoms with Gasteiger partial charge < -0.3 is 18.9 Å². The van der Waals surface area contributed by atoms with Gasteiger partial charge in [0.25, 0.3) is 0 Å². The van der Waals surface area contributed by atoms with Gasteiger partial charge in [-0.2, -0.15) is 0 Å². The van der Waals surface area contributed by atoms with E-state index in [0.717, 1.165) is 56.3 Å². The molecule has 4 fully saturated rings. The smallest absolute Gasteiger partial charge is 0.309 e. The third-order valence-electron chi connectivity index (χ3n) is 8.02. The number of hydrogen-bond acceptors (Lipinski definition) is 5. The molecule has 5 rings (SSSR count). The van der Waals surface area contributed by atoms with E-state index in [1.807, 2.05) is 32.9 Å². The molecule has 0 aliphatic heterocycles. The van der Waals surface area contributed by atoms with E-state index >= 15 is 0 Å². The first kappa shape index (κ1) is 24.5. The fraction of sp³-hybridized carbons (Fsp3) is 0.750. The summed E-state index contributed by atoms with van der Waals surface area (Å²) in [4.78, 5) is 12.6. The van der Waals surface area contributed by atoms with E-state index in [9.17, 15) is 4.79 Å². The van der Waals surface area contributed by atoms with Crippen molar-refractivity contribution in [3.05, 3.63) is 29.8 Å². The number of esters is 1. The van der Waals surface area contributed by atoms with Crippen LogP contribution in [0.3, 0.4) is 0 Å². The topological polar surface area (TPSA) is 54.0 Å². The Morgan fingerprint density at radius 2 is 1.67 bits per heavy atom. The van der Waals surface area contributed by atoms with Crippen LogP contribution in [-0.4, -0.2) is 37.0 Å². The van der Waals surface area contributed by atoms with Crippen LogP contribution in [0, 0.1) is 17.8 Å². The van der Waals surface area contributed by atoms with Gasteiger partial charge in [0.1, 0.15) is 11.4 Å². The summed E-state index contributed by atoms with van der Waals surface area (Å²) >= 11 is 0. The van der Waals surface area contributed by atoms with E-state index in [0.29, 0.717) is 31.7 Å². The van der Waals surface area contributed by atoms with Crippen LogP contribution in [0.15, 0.2) is 24.3 Å². The Bertz CT molecular complexity index is 774. The molecule has 184 valence electrons. The zero-order valence-electron chi connectivity index (χ0n) is 20.9. The minimum absolute atomic E-state index is 0.0235. The van der Waals surface area contributed by atoms with Gasteiger partial charge in [0.05, 0.1) is 30.8 Å². The van der Waals surface area contributed by atoms with Crippen LogP contribution in [0.25, 0.3) is 0 Å². The van der Waals surface area contributed by atoms with Crippen molar-refractivity contribution in [1.82, 2.24) is 0 Å². The minimum atomic E-state index is -0.290. The number of rotatable bonds is 12. The van der Waals surface area contributed by atoms with E-state index in [1.54, 1.807) is 0 Å². The highest BCUT2D eigenvalue weighted by Gasteiger charge is 2.60. The molecule has 5 nitrogen and oxygen atoms in total. The van der Waals surface area contributed by atoms with Gasteiger partial charge in [0.2, 0.25) is 0 Å². The number of carbonyl (C=O) groups is 1. The van der Waals surface area contributed by atoms with Gasteiger partial charge in [-0.3, -0.25) is 4.79 Å². The second-order valence-corrected chi connectivity index (χ2v) is 10.8. The van der Waals surface area contributed by atoms with E-state index in [4.69, 9.17) is 18.9 Å². The standard InChI is InChI=1S/C28H42O5/c1-5-20(3)26(29)33-28-17-22-14-23(18-28)16-27(15-22,19-28)32-13-7-12-31-25-10-8-24(9-11-25)21(4)30-6-2/h8-11,20-23H,5-7,12-19H2,1-4H3. The minimum Gasteiger partial charge on any atom is -0.494 e. The molecule has 4 aliphatic carbocycles. The second-order valence-electron chi connectivity index (χ2n) is 10.8. The lowest BCUT2D eigenvalue weighted by Crippen LogP contribution is -2.61. The number of benzene rings is 1. The van der Waals surface area contributed by atoms with Gasteiger partial charge in [0, 0.05) is 19.4 Å². The number of carbonyl (C=O) groups excluding carboxylic acids is 1. The van der Waals surface area contributed by atoms with E-state index in [2.05, 4.69) is 19.1 Å². The Morgan fingerprint density at radius 1 is 1.00 bits per heavy atom. The highest BCUT2D eigenvalue weighted by molar-refractivity contribution is 5.72. The Hall–Kier alpha value is -1.59. The predicted octanol–water partition coefficient (Wildman–Crippen LogP) is 6.25. The van der Waals surface area contributed by atoms with Crippen LogP contribution in [0.5, 0.6) is 5.75 Å². The largest absolute Gasteiger partial charge is 0.494 e. The van der Waals surface area contributed by atoms with E-state index in [1.165, 1.54) is 6.42 Å². The molecule has 1 aromatic carbocycles. The van der Waals surface area contributed by atoms with Crippen LogP contribution in [-0.2, 0) is 19.0 Å². The van der Waals surface area contributed by atoms with Crippen molar-refractivity contribution in [3.8, 4) is 5.75 Å². The molecule has 4 aliphatic rings. The van der Waals surface area contributed by atoms with E-state index < -0.39 is 0 Å². The predicted molar refractivity (Wildman–Crippen MR) is 128 cm³/mol. The molecule has 4 saturated carbocycles. The summed E-state index contributed by atoms with van der Waals surface area (Å²) in [5.74, 6) is 2.09. The number of hydrogen-bond donors (Lipinski definition) is 0. The summed E-state index contributed by atoms with van der Waals surface area (Å²) in [6.07, 6.45) is 8.22. The molecule has 4 unspecified atom stereocenters. The summed E-state index contributed by atoms with van der Waals surface area (Å²) in [7, 11) is 0. The molecule has 1 aromatic rings. The maximum atomic E-state index is 12.6.